The van der Waals surface area contributed by atoms with Gasteiger partial charge in [-0.2, -0.15) is 10.4 Å². The molecule has 0 unspecified atom stereocenters. The first kappa shape index (κ1) is 16.0. The fourth-order valence-corrected chi connectivity index (χ4v) is 3.07. The van der Waals surface area contributed by atoms with Crippen LogP contribution in [0.4, 0.5) is 0 Å². The molecule has 1 aromatic carbocycles. The normalized spacial score (nSPS) is 10.6. The van der Waals surface area contributed by atoms with Gasteiger partial charge in [0.1, 0.15) is 11.6 Å². The SMILES string of the molecule is CSc1nc(-c2cc(C)cc(C)c2-n2cccn2)c(C#N)c(=O)[nH]1. The van der Waals surface area contributed by atoms with Gasteiger partial charge in [0.15, 0.2) is 5.16 Å². The van der Waals surface area contributed by atoms with Crippen LogP contribution in [-0.4, -0.2) is 26.0 Å². The molecule has 0 saturated heterocycles. The minimum atomic E-state index is -0.433. The predicted molar refractivity (Wildman–Crippen MR) is 93.4 cm³/mol. The number of aryl methyl sites for hydroxylation is 2. The molecule has 0 aliphatic heterocycles. The number of H-pyrrole nitrogens is 1. The van der Waals surface area contributed by atoms with Gasteiger partial charge in [0.25, 0.3) is 5.56 Å². The van der Waals surface area contributed by atoms with Crippen LogP contribution in [0, 0.1) is 25.2 Å². The van der Waals surface area contributed by atoms with Crippen molar-refractivity contribution in [2.24, 2.45) is 0 Å². The summed E-state index contributed by atoms with van der Waals surface area (Å²) in [6.07, 6.45) is 5.34. The monoisotopic (exact) mass is 337 g/mol. The fraction of sp³-hybridized carbons (Fsp3) is 0.176. The predicted octanol–water partition coefficient (Wildman–Crippen LogP) is 2.83. The molecule has 6 nitrogen and oxygen atoms in total. The van der Waals surface area contributed by atoms with Crippen molar-refractivity contribution in [1.82, 2.24) is 19.7 Å². The Hall–Kier alpha value is -2.85. The Labute approximate surface area is 143 Å². The lowest BCUT2D eigenvalue weighted by Crippen LogP contribution is -2.15. The van der Waals surface area contributed by atoms with E-state index in [1.54, 1.807) is 10.9 Å². The van der Waals surface area contributed by atoms with E-state index in [1.165, 1.54) is 11.8 Å². The molecule has 0 bridgehead atoms. The van der Waals surface area contributed by atoms with Crippen molar-refractivity contribution < 1.29 is 0 Å². The standard InChI is InChI=1S/C17H15N5OS/c1-10-7-11(2)15(22-6-4-5-19-22)12(8-10)14-13(9-18)16(23)21-17(20-14)24-3/h4-8H,1-3H3,(H,20,21,23). The number of hydrogen-bond acceptors (Lipinski definition) is 5. The number of nitriles is 1. The number of aromatic amines is 1. The lowest BCUT2D eigenvalue weighted by molar-refractivity contribution is 0.869. The zero-order chi connectivity index (χ0) is 17.3. The Morgan fingerprint density at radius 1 is 1.33 bits per heavy atom. The summed E-state index contributed by atoms with van der Waals surface area (Å²) in [6.45, 7) is 3.94. The quantitative estimate of drug-likeness (QED) is 0.586. The van der Waals surface area contributed by atoms with Gasteiger partial charge in [0.05, 0.1) is 11.4 Å². The van der Waals surface area contributed by atoms with Crippen molar-refractivity contribution in [2.45, 2.75) is 19.0 Å². The first-order chi connectivity index (χ1) is 11.5. The molecule has 0 spiro atoms. The maximum Gasteiger partial charge on any atom is 0.270 e. The zero-order valence-electron chi connectivity index (χ0n) is 13.5. The third-order valence-electron chi connectivity index (χ3n) is 3.64. The number of thioether (sulfide) groups is 1. The van der Waals surface area contributed by atoms with E-state index in [-0.39, 0.29) is 5.56 Å². The molecule has 1 N–H and O–H groups in total. The second-order valence-electron chi connectivity index (χ2n) is 5.34. The van der Waals surface area contributed by atoms with Crippen molar-refractivity contribution in [2.75, 3.05) is 6.26 Å². The minimum Gasteiger partial charge on any atom is -0.300 e. The van der Waals surface area contributed by atoms with Crippen LogP contribution in [0.3, 0.4) is 0 Å². The summed E-state index contributed by atoms with van der Waals surface area (Å²) in [5.41, 5.74) is 3.49. The second-order valence-corrected chi connectivity index (χ2v) is 6.13. The highest BCUT2D eigenvalue weighted by Crippen LogP contribution is 2.31. The molecule has 7 heteroatoms. The first-order valence-electron chi connectivity index (χ1n) is 7.25. The van der Waals surface area contributed by atoms with Crippen molar-refractivity contribution in [3.8, 4) is 23.0 Å². The van der Waals surface area contributed by atoms with Gasteiger partial charge in [-0.15, -0.1) is 0 Å². The average molecular weight is 337 g/mol. The number of hydrogen-bond donors (Lipinski definition) is 1. The van der Waals surface area contributed by atoms with Crippen molar-refractivity contribution in [1.29, 1.82) is 5.26 Å². The van der Waals surface area contributed by atoms with Gasteiger partial charge in [-0.05, 0) is 37.8 Å². The van der Waals surface area contributed by atoms with E-state index < -0.39 is 5.56 Å². The molecule has 3 rings (SSSR count). The number of aromatic nitrogens is 4. The molecule has 0 radical (unpaired) electrons. The lowest BCUT2D eigenvalue weighted by Gasteiger charge is -2.15. The van der Waals surface area contributed by atoms with E-state index in [0.717, 1.165) is 16.8 Å². The van der Waals surface area contributed by atoms with Crippen LogP contribution in [-0.2, 0) is 0 Å². The van der Waals surface area contributed by atoms with E-state index in [9.17, 15) is 10.1 Å². The molecule has 3 aromatic rings. The van der Waals surface area contributed by atoms with Crippen LogP contribution in [0.15, 0.2) is 40.5 Å². The molecular weight excluding hydrogens is 322 g/mol. The molecule has 0 aliphatic carbocycles. The fourth-order valence-electron chi connectivity index (χ4n) is 2.69. The smallest absolute Gasteiger partial charge is 0.270 e. The molecule has 0 amide bonds. The van der Waals surface area contributed by atoms with Crippen molar-refractivity contribution >= 4 is 11.8 Å². The molecule has 2 aromatic heterocycles. The Kier molecular flexibility index (Phi) is 4.23. The van der Waals surface area contributed by atoms with E-state index in [0.29, 0.717) is 16.4 Å². The Balaban J connectivity index is 2.42. The molecule has 0 fully saturated rings. The lowest BCUT2D eigenvalue weighted by atomic mass is 9.99. The van der Waals surface area contributed by atoms with Crippen LogP contribution in [0.25, 0.3) is 16.9 Å². The number of nitrogens with zero attached hydrogens (tertiary/aromatic N) is 4. The van der Waals surface area contributed by atoms with Gasteiger partial charge in [-0.25, -0.2) is 9.67 Å². The molecule has 120 valence electrons. The highest BCUT2D eigenvalue weighted by Gasteiger charge is 2.19. The maximum atomic E-state index is 12.2. The summed E-state index contributed by atoms with van der Waals surface area (Å²) in [6, 6.07) is 7.77. The van der Waals surface area contributed by atoms with E-state index in [4.69, 9.17) is 0 Å². The summed E-state index contributed by atoms with van der Waals surface area (Å²) >= 11 is 1.32. The van der Waals surface area contributed by atoms with Crippen LogP contribution < -0.4 is 5.56 Å². The Bertz CT molecular complexity index is 999. The largest absolute Gasteiger partial charge is 0.300 e. The summed E-state index contributed by atoms with van der Waals surface area (Å²) < 4.78 is 1.73. The first-order valence-corrected chi connectivity index (χ1v) is 8.47. The van der Waals surface area contributed by atoms with Gasteiger partial charge in [0.2, 0.25) is 0 Å². The van der Waals surface area contributed by atoms with Gasteiger partial charge >= 0.3 is 0 Å². The highest BCUT2D eigenvalue weighted by atomic mass is 32.2. The van der Waals surface area contributed by atoms with Gasteiger partial charge in [0, 0.05) is 18.0 Å². The molecule has 24 heavy (non-hydrogen) atoms. The average Bonchev–Trinajstić information content (AvgIpc) is 3.07. The van der Waals surface area contributed by atoms with Gasteiger partial charge < -0.3 is 4.98 Å². The molecule has 0 aliphatic rings. The topological polar surface area (TPSA) is 87.4 Å². The van der Waals surface area contributed by atoms with Crippen molar-refractivity contribution in [3.05, 3.63) is 57.6 Å². The van der Waals surface area contributed by atoms with Crippen LogP contribution in [0.2, 0.25) is 0 Å². The summed E-state index contributed by atoms with van der Waals surface area (Å²) in [4.78, 5) is 19.3. The third kappa shape index (κ3) is 2.72. The zero-order valence-corrected chi connectivity index (χ0v) is 14.3. The van der Waals surface area contributed by atoms with Crippen LogP contribution in [0.1, 0.15) is 16.7 Å². The van der Waals surface area contributed by atoms with Crippen LogP contribution in [0.5, 0.6) is 0 Å². The number of benzene rings is 1. The summed E-state index contributed by atoms with van der Waals surface area (Å²) in [5, 5.41) is 14.2. The van der Waals surface area contributed by atoms with E-state index >= 15 is 0 Å². The maximum absolute atomic E-state index is 12.2. The Morgan fingerprint density at radius 2 is 2.12 bits per heavy atom. The molecule has 0 saturated carbocycles. The van der Waals surface area contributed by atoms with E-state index in [1.807, 2.05) is 50.6 Å². The van der Waals surface area contributed by atoms with Gasteiger partial charge in [-0.3, -0.25) is 4.79 Å². The third-order valence-corrected chi connectivity index (χ3v) is 4.22. The number of nitrogens with one attached hydrogen (secondary N) is 1. The highest BCUT2D eigenvalue weighted by molar-refractivity contribution is 7.98. The second kappa shape index (κ2) is 6.34. The Morgan fingerprint density at radius 3 is 2.75 bits per heavy atom. The van der Waals surface area contributed by atoms with Crippen LogP contribution >= 0.6 is 11.8 Å². The minimum absolute atomic E-state index is 0.00575. The number of rotatable bonds is 3. The van der Waals surface area contributed by atoms with Crippen molar-refractivity contribution in [3.63, 3.8) is 0 Å². The van der Waals surface area contributed by atoms with E-state index in [2.05, 4.69) is 15.1 Å². The summed E-state index contributed by atoms with van der Waals surface area (Å²) in [7, 11) is 0. The molecular formula is C17H15N5OS. The summed E-state index contributed by atoms with van der Waals surface area (Å²) in [5.74, 6) is 0. The van der Waals surface area contributed by atoms with Gasteiger partial charge in [-0.1, -0.05) is 23.4 Å². The molecule has 2 heterocycles. The molecule has 0 atom stereocenters.